The normalized spacial score (nSPS) is 12.1. The molecule has 0 fully saturated rings. The Morgan fingerprint density at radius 3 is 2.53 bits per heavy atom. The number of nitrogens with one attached hydrogen (secondary N) is 1. The summed E-state index contributed by atoms with van der Waals surface area (Å²) in [7, 11) is 3.04. The number of amides is 2. The van der Waals surface area contributed by atoms with Crippen LogP contribution in [-0.2, 0) is 9.59 Å². The van der Waals surface area contributed by atoms with Crippen molar-refractivity contribution in [1.29, 1.82) is 0 Å². The summed E-state index contributed by atoms with van der Waals surface area (Å²) in [5.74, 6) is 0.191. The van der Waals surface area contributed by atoms with E-state index < -0.39 is 11.3 Å². The quantitative estimate of drug-likeness (QED) is 0.207. The summed E-state index contributed by atoms with van der Waals surface area (Å²) in [6, 6.07) is 5.04. The fraction of sp³-hybridized carbons (Fsp3) is 0.591. The molecule has 1 aromatic rings. The number of carbonyl (C=O) groups is 3. The van der Waals surface area contributed by atoms with E-state index in [1.807, 2.05) is 20.8 Å². The lowest BCUT2D eigenvalue weighted by molar-refractivity contribution is -0.154. The molecule has 0 heterocycles. The van der Waals surface area contributed by atoms with Gasteiger partial charge < -0.3 is 14.8 Å². The average molecular weight is 423 g/mol. The summed E-state index contributed by atoms with van der Waals surface area (Å²) in [5.41, 5.74) is -0.0447. The van der Waals surface area contributed by atoms with Crippen LogP contribution in [0.15, 0.2) is 18.2 Å². The molecule has 0 aromatic heterocycles. The number of hydrogen-bond acceptors (Lipinski definition) is 6. The molecule has 2 amide bonds. The molecule has 0 aliphatic carbocycles. The van der Waals surface area contributed by atoms with E-state index in [4.69, 9.17) is 9.47 Å². The molecule has 30 heavy (non-hydrogen) atoms. The lowest BCUT2D eigenvalue weighted by atomic mass is 9.85. The Bertz CT molecular complexity index is 720. The second-order valence-corrected chi connectivity index (χ2v) is 8.11. The van der Waals surface area contributed by atoms with Gasteiger partial charge in [0.25, 0.3) is 0 Å². The lowest BCUT2D eigenvalue weighted by Crippen LogP contribution is -2.42. The van der Waals surface area contributed by atoms with Crippen molar-refractivity contribution in [3.63, 3.8) is 0 Å². The maximum absolute atomic E-state index is 12.8. The van der Waals surface area contributed by atoms with Crippen LogP contribution in [0.2, 0.25) is 0 Å². The molecular formula is C22H34N2O6. The fourth-order valence-corrected chi connectivity index (χ4v) is 3.12. The molecule has 0 spiro atoms. The van der Waals surface area contributed by atoms with Crippen molar-refractivity contribution in [2.24, 2.45) is 11.3 Å². The van der Waals surface area contributed by atoms with Crippen molar-refractivity contribution >= 4 is 18.1 Å². The Hall–Kier alpha value is -2.61. The first-order valence-electron chi connectivity index (χ1n) is 10.1. The number of carbonyl (C=O) groups excluding carboxylic acids is 3. The zero-order valence-electron chi connectivity index (χ0n) is 18.6. The number of hydroxylamine groups is 2. The Kier molecular flexibility index (Phi) is 10.3. The molecule has 0 aliphatic rings. The number of benzene rings is 1. The zero-order valence-corrected chi connectivity index (χ0v) is 18.6. The van der Waals surface area contributed by atoms with Crippen LogP contribution in [-0.4, -0.2) is 55.7 Å². The van der Waals surface area contributed by atoms with Gasteiger partial charge in [-0.25, -0.2) is 5.06 Å². The monoisotopic (exact) mass is 422 g/mol. The molecule has 0 aliphatic heterocycles. The van der Waals surface area contributed by atoms with E-state index in [9.17, 15) is 19.6 Å². The van der Waals surface area contributed by atoms with E-state index in [1.54, 1.807) is 25.3 Å². The molecule has 2 N–H and O–H groups in total. The number of methoxy groups -OCH3 is 2. The minimum absolute atomic E-state index is 0.0578. The summed E-state index contributed by atoms with van der Waals surface area (Å²) in [6.45, 7) is 6.02. The first-order valence-corrected chi connectivity index (χ1v) is 10.1. The van der Waals surface area contributed by atoms with Crippen LogP contribution in [0.3, 0.4) is 0 Å². The molecule has 0 saturated carbocycles. The topological polar surface area (TPSA) is 105 Å². The van der Waals surface area contributed by atoms with Crippen molar-refractivity contribution in [2.75, 3.05) is 27.3 Å². The van der Waals surface area contributed by atoms with Gasteiger partial charge in [0.2, 0.25) is 12.3 Å². The highest BCUT2D eigenvalue weighted by Gasteiger charge is 2.27. The van der Waals surface area contributed by atoms with Gasteiger partial charge in [0, 0.05) is 19.0 Å². The second-order valence-electron chi connectivity index (χ2n) is 8.11. The third-order valence-corrected chi connectivity index (χ3v) is 4.90. The minimum atomic E-state index is -0.506. The van der Waals surface area contributed by atoms with Crippen molar-refractivity contribution in [2.45, 2.75) is 46.5 Å². The molecule has 0 radical (unpaired) electrons. The van der Waals surface area contributed by atoms with Crippen molar-refractivity contribution < 1.29 is 29.1 Å². The Balaban J connectivity index is 2.76. The van der Waals surface area contributed by atoms with Crippen molar-refractivity contribution in [1.82, 2.24) is 10.4 Å². The summed E-state index contributed by atoms with van der Waals surface area (Å²) in [5, 5.41) is 12.8. The Morgan fingerprint density at radius 1 is 1.27 bits per heavy atom. The van der Waals surface area contributed by atoms with Crippen LogP contribution in [0.4, 0.5) is 0 Å². The summed E-state index contributed by atoms with van der Waals surface area (Å²) >= 11 is 0. The molecule has 8 heteroatoms. The van der Waals surface area contributed by atoms with Crippen LogP contribution in [0.25, 0.3) is 0 Å². The van der Waals surface area contributed by atoms with E-state index in [2.05, 4.69) is 5.32 Å². The van der Waals surface area contributed by atoms with Crippen LogP contribution >= 0.6 is 0 Å². The van der Waals surface area contributed by atoms with Crippen molar-refractivity contribution in [3.8, 4) is 11.5 Å². The molecule has 1 aromatic carbocycles. The van der Waals surface area contributed by atoms with Gasteiger partial charge in [0.15, 0.2) is 5.78 Å². The van der Waals surface area contributed by atoms with Gasteiger partial charge in [-0.15, -0.1) is 0 Å². The maximum atomic E-state index is 12.8. The third-order valence-electron chi connectivity index (χ3n) is 4.90. The number of rotatable bonds is 14. The lowest BCUT2D eigenvalue weighted by Gasteiger charge is -2.26. The molecule has 1 atom stereocenters. The van der Waals surface area contributed by atoms with Gasteiger partial charge in [-0.3, -0.25) is 19.6 Å². The molecule has 0 unspecified atom stereocenters. The van der Waals surface area contributed by atoms with Gasteiger partial charge in [0.05, 0.1) is 32.2 Å². The first kappa shape index (κ1) is 25.4. The summed E-state index contributed by atoms with van der Waals surface area (Å²) in [4.78, 5) is 36.1. The Labute approximate surface area is 178 Å². The highest BCUT2D eigenvalue weighted by molar-refractivity contribution is 5.99. The van der Waals surface area contributed by atoms with Gasteiger partial charge in [-0.2, -0.15) is 0 Å². The minimum Gasteiger partial charge on any atom is -0.497 e. The Morgan fingerprint density at radius 2 is 1.97 bits per heavy atom. The molecule has 1 rings (SSSR count). The third kappa shape index (κ3) is 8.02. The van der Waals surface area contributed by atoms with Gasteiger partial charge >= 0.3 is 0 Å². The zero-order chi connectivity index (χ0) is 22.7. The van der Waals surface area contributed by atoms with E-state index in [-0.39, 0.29) is 37.6 Å². The summed E-state index contributed by atoms with van der Waals surface area (Å²) in [6.07, 6.45) is 2.77. The van der Waals surface area contributed by atoms with E-state index >= 15 is 0 Å². The van der Waals surface area contributed by atoms with Crippen molar-refractivity contribution in [3.05, 3.63) is 23.8 Å². The number of ether oxygens (including phenoxy) is 2. The number of nitrogens with zero attached hydrogens (tertiary/aromatic N) is 1. The number of hydrogen-bond donors (Lipinski definition) is 2. The SMILES string of the molecule is CCCC[C@H](CN(O)C=O)C(=O)NCC(C)(C)CC(=O)c1ccc(OC)cc1OC. The van der Waals surface area contributed by atoms with E-state index in [0.29, 0.717) is 28.5 Å². The first-order chi connectivity index (χ1) is 14.2. The predicted molar refractivity (Wildman–Crippen MR) is 113 cm³/mol. The molecule has 8 nitrogen and oxygen atoms in total. The fourth-order valence-electron chi connectivity index (χ4n) is 3.12. The average Bonchev–Trinajstić information content (AvgIpc) is 2.73. The van der Waals surface area contributed by atoms with Crippen LogP contribution in [0, 0.1) is 11.3 Å². The number of unbranched alkanes of at least 4 members (excludes halogenated alkanes) is 1. The van der Waals surface area contributed by atoms with Gasteiger partial charge in [-0.05, 0) is 24.0 Å². The molecule has 0 saturated heterocycles. The molecular weight excluding hydrogens is 388 g/mol. The van der Waals surface area contributed by atoms with Crippen LogP contribution < -0.4 is 14.8 Å². The van der Waals surface area contributed by atoms with Crippen LogP contribution in [0.1, 0.15) is 56.8 Å². The molecule has 168 valence electrons. The summed E-state index contributed by atoms with van der Waals surface area (Å²) < 4.78 is 10.5. The number of ketones is 1. The predicted octanol–water partition coefficient (Wildman–Crippen LogP) is 3.07. The standard InChI is InChI=1S/C22H34N2O6/c1-6-7-8-16(13-24(28)15-25)21(27)23-14-22(2,3)12-19(26)18-10-9-17(29-4)11-20(18)30-5/h9-11,15-16,28H,6-8,12-14H2,1-5H3,(H,23,27)/t16-/m1/s1. The highest BCUT2D eigenvalue weighted by atomic mass is 16.5. The second kappa shape index (κ2) is 12.2. The van der Waals surface area contributed by atoms with Gasteiger partial charge in [-0.1, -0.05) is 33.6 Å². The smallest absolute Gasteiger partial charge is 0.233 e. The number of Topliss-reactive ketones (excluding diaryl/α,β-unsaturated/α-hetero) is 1. The van der Waals surface area contributed by atoms with Crippen LogP contribution in [0.5, 0.6) is 11.5 Å². The molecule has 0 bridgehead atoms. The van der Waals surface area contributed by atoms with E-state index in [1.165, 1.54) is 7.11 Å². The largest absolute Gasteiger partial charge is 0.497 e. The van der Waals surface area contributed by atoms with Gasteiger partial charge in [0.1, 0.15) is 11.5 Å². The highest BCUT2D eigenvalue weighted by Crippen LogP contribution is 2.29. The maximum Gasteiger partial charge on any atom is 0.233 e. The van der Waals surface area contributed by atoms with E-state index in [0.717, 1.165) is 12.8 Å².